The Balaban J connectivity index is 2.05. The van der Waals surface area contributed by atoms with Crippen molar-refractivity contribution in [3.05, 3.63) is 94.5 Å². The summed E-state index contributed by atoms with van der Waals surface area (Å²) in [5, 5.41) is 3.07. The van der Waals surface area contributed by atoms with E-state index in [0.717, 1.165) is 22.7 Å². The van der Waals surface area contributed by atoms with Gasteiger partial charge in [0.1, 0.15) is 12.6 Å². The summed E-state index contributed by atoms with van der Waals surface area (Å²) in [6.07, 6.45) is 2.07. The van der Waals surface area contributed by atoms with Crippen molar-refractivity contribution in [3.63, 3.8) is 0 Å². The highest BCUT2D eigenvalue weighted by Gasteiger charge is 2.34. The summed E-state index contributed by atoms with van der Waals surface area (Å²) in [5.74, 6) is -0.833. The van der Waals surface area contributed by atoms with E-state index in [0.29, 0.717) is 13.0 Å². The van der Waals surface area contributed by atoms with E-state index < -0.39 is 28.5 Å². The van der Waals surface area contributed by atoms with Gasteiger partial charge in [0.2, 0.25) is 11.8 Å². The van der Waals surface area contributed by atoms with Gasteiger partial charge in [-0.05, 0) is 42.7 Å². The third-order valence-electron chi connectivity index (χ3n) is 6.22. The molecule has 39 heavy (non-hydrogen) atoms. The van der Waals surface area contributed by atoms with Crippen LogP contribution in [0.2, 0.25) is 10.0 Å². The average molecular weight is 591 g/mol. The monoisotopic (exact) mass is 589 g/mol. The van der Waals surface area contributed by atoms with E-state index in [2.05, 4.69) is 5.32 Å². The Morgan fingerprint density at radius 1 is 0.897 bits per heavy atom. The molecule has 0 aliphatic rings. The summed E-state index contributed by atoms with van der Waals surface area (Å²) in [6.45, 7) is 3.88. The van der Waals surface area contributed by atoms with Gasteiger partial charge in [0.05, 0.1) is 20.6 Å². The Bertz CT molecular complexity index is 1360. The third kappa shape index (κ3) is 7.75. The molecule has 7 nitrogen and oxygen atoms in total. The van der Waals surface area contributed by atoms with Crippen molar-refractivity contribution in [1.82, 2.24) is 10.2 Å². The molecule has 3 rings (SSSR count). The Morgan fingerprint density at radius 2 is 1.54 bits per heavy atom. The van der Waals surface area contributed by atoms with Gasteiger partial charge >= 0.3 is 0 Å². The summed E-state index contributed by atoms with van der Waals surface area (Å²) in [4.78, 5) is 28.6. The van der Waals surface area contributed by atoms with E-state index in [-0.39, 0.29) is 33.1 Å². The molecule has 1 N–H and O–H groups in total. The summed E-state index contributed by atoms with van der Waals surface area (Å²) in [5.41, 5.74) is 0.880. The molecule has 0 aliphatic heterocycles. The van der Waals surface area contributed by atoms with Crippen LogP contribution in [0.3, 0.4) is 0 Å². The summed E-state index contributed by atoms with van der Waals surface area (Å²) >= 11 is 12.7. The molecule has 0 fully saturated rings. The first-order valence-electron chi connectivity index (χ1n) is 12.8. The van der Waals surface area contributed by atoms with Crippen molar-refractivity contribution >= 4 is 50.7 Å². The fraction of sp³-hybridized carbons (Fsp3) is 0.310. The third-order valence-corrected chi connectivity index (χ3v) is 8.80. The zero-order chi connectivity index (χ0) is 28.4. The van der Waals surface area contributed by atoms with E-state index >= 15 is 0 Å². The number of benzene rings is 3. The van der Waals surface area contributed by atoms with Gasteiger partial charge in [-0.15, -0.1) is 0 Å². The average Bonchev–Trinajstić information content (AvgIpc) is 2.94. The predicted octanol–water partition coefficient (Wildman–Crippen LogP) is 5.91. The number of hydrogen-bond acceptors (Lipinski definition) is 4. The lowest BCUT2D eigenvalue weighted by molar-refractivity contribution is -0.140. The highest BCUT2D eigenvalue weighted by molar-refractivity contribution is 7.92. The minimum absolute atomic E-state index is 0.00503. The summed E-state index contributed by atoms with van der Waals surface area (Å²) in [6, 6.07) is 20.9. The SMILES string of the molecule is CCCCNC(=O)C(CC)N(Cc1ccccc1)C(=O)CN(c1cccc(Cl)c1Cl)S(=O)(=O)c1ccccc1. The molecule has 10 heteroatoms. The van der Waals surface area contributed by atoms with Gasteiger partial charge < -0.3 is 10.2 Å². The van der Waals surface area contributed by atoms with Crippen LogP contribution in [0.4, 0.5) is 5.69 Å². The number of hydrogen-bond donors (Lipinski definition) is 1. The quantitative estimate of drug-likeness (QED) is 0.251. The van der Waals surface area contributed by atoms with Gasteiger partial charge in [-0.25, -0.2) is 8.42 Å². The van der Waals surface area contributed by atoms with E-state index in [1.54, 1.807) is 24.3 Å². The molecule has 0 saturated carbocycles. The molecule has 0 bridgehead atoms. The highest BCUT2D eigenvalue weighted by atomic mass is 35.5. The van der Waals surface area contributed by atoms with Gasteiger partial charge in [0.25, 0.3) is 10.0 Å². The Kier molecular flexibility index (Phi) is 11.2. The van der Waals surface area contributed by atoms with Crippen LogP contribution in [0.25, 0.3) is 0 Å². The predicted molar refractivity (Wildman–Crippen MR) is 156 cm³/mol. The van der Waals surface area contributed by atoms with E-state index in [1.165, 1.54) is 29.2 Å². The number of unbranched alkanes of at least 4 members (excludes halogenated alkanes) is 1. The molecule has 0 spiro atoms. The zero-order valence-corrected chi connectivity index (χ0v) is 24.3. The van der Waals surface area contributed by atoms with Crippen LogP contribution in [0, 0.1) is 0 Å². The number of amides is 2. The molecule has 208 valence electrons. The number of rotatable bonds is 13. The minimum atomic E-state index is -4.22. The fourth-order valence-corrected chi connectivity index (χ4v) is 6.02. The van der Waals surface area contributed by atoms with Crippen molar-refractivity contribution in [2.75, 3.05) is 17.4 Å². The Hall–Kier alpha value is -3.07. The largest absolute Gasteiger partial charge is 0.354 e. The number of nitrogens with one attached hydrogen (secondary N) is 1. The molecule has 0 aliphatic carbocycles. The molecular formula is C29H33Cl2N3O4S. The second-order valence-corrected chi connectivity index (χ2v) is 11.6. The van der Waals surface area contributed by atoms with Gasteiger partial charge in [0, 0.05) is 13.1 Å². The number of sulfonamides is 1. The van der Waals surface area contributed by atoms with Crippen LogP contribution in [-0.4, -0.2) is 44.3 Å². The van der Waals surface area contributed by atoms with Gasteiger partial charge in [-0.3, -0.25) is 13.9 Å². The molecule has 0 aromatic heterocycles. The van der Waals surface area contributed by atoms with Crippen LogP contribution in [0.15, 0.2) is 83.8 Å². The normalized spacial score (nSPS) is 12.0. The second-order valence-electron chi connectivity index (χ2n) is 8.97. The van der Waals surface area contributed by atoms with Crippen molar-refractivity contribution < 1.29 is 18.0 Å². The highest BCUT2D eigenvalue weighted by Crippen LogP contribution is 2.35. The standard InChI is InChI=1S/C29H33Cl2N3O4S/c1-3-5-19-32-29(36)25(4-2)33(20-22-13-8-6-9-14-22)27(35)21-34(26-18-12-17-24(30)28(26)31)39(37,38)23-15-10-7-11-16-23/h6-18,25H,3-5,19-21H2,1-2H3,(H,32,36). The number of carbonyl (C=O) groups excluding carboxylic acids is 2. The van der Waals surface area contributed by atoms with Crippen LogP contribution in [0.1, 0.15) is 38.7 Å². The minimum Gasteiger partial charge on any atom is -0.354 e. The Labute approximate surface area is 240 Å². The molecule has 1 unspecified atom stereocenters. The van der Waals surface area contributed by atoms with Gasteiger partial charge in [-0.1, -0.05) is 98.1 Å². The van der Waals surface area contributed by atoms with Crippen LogP contribution in [0.5, 0.6) is 0 Å². The number of anilines is 1. The topological polar surface area (TPSA) is 86.8 Å². The first-order valence-corrected chi connectivity index (χ1v) is 15.0. The second kappa shape index (κ2) is 14.4. The van der Waals surface area contributed by atoms with Crippen molar-refractivity contribution in [2.45, 2.75) is 50.6 Å². The molecule has 0 radical (unpaired) electrons. The van der Waals surface area contributed by atoms with Gasteiger partial charge in [-0.2, -0.15) is 0 Å². The van der Waals surface area contributed by atoms with Gasteiger partial charge in [0.15, 0.2) is 0 Å². The maximum absolute atomic E-state index is 14.0. The number of nitrogens with zero attached hydrogens (tertiary/aromatic N) is 2. The molecule has 1 atom stereocenters. The number of halogens is 2. The maximum atomic E-state index is 14.0. The van der Waals surface area contributed by atoms with E-state index in [1.807, 2.05) is 44.2 Å². The van der Waals surface area contributed by atoms with E-state index in [9.17, 15) is 18.0 Å². The van der Waals surface area contributed by atoms with Crippen molar-refractivity contribution in [3.8, 4) is 0 Å². The molecule has 2 amide bonds. The molecule has 0 saturated heterocycles. The van der Waals surface area contributed by atoms with Crippen LogP contribution in [-0.2, 0) is 26.2 Å². The van der Waals surface area contributed by atoms with Crippen LogP contribution < -0.4 is 9.62 Å². The van der Waals surface area contributed by atoms with Crippen LogP contribution >= 0.6 is 23.2 Å². The first-order chi connectivity index (χ1) is 18.7. The summed E-state index contributed by atoms with van der Waals surface area (Å²) in [7, 11) is -4.22. The molecule has 3 aromatic rings. The smallest absolute Gasteiger partial charge is 0.264 e. The lowest BCUT2D eigenvalue weighted by atomic mass is 10.1. The number of carbonyl (C=O) groups is 2. The first kappa shape index (κ1) is 30.5. The molecular weight excluding hydrogens is 557 g/mol. The van der Waals surface area contributed by atoms with E-state index in [4.69, 9.17) is 23.2 Å². The van der Waals surface area contributed by atoms with Crippen molar-refractivity contribution in [2.24, 2.45) is 0 Å². The maximum Gasteiger partial charge on any atom is 0.264 e. The lowest BCUT2D eigenvalue weighted by Gasteiger charge is -2.33. The summed E-state index contributed by atoms with van der Waals surface area (Å²) < 4.78 is 28.6. The fourth-order valence-electron chi connectivity index (χ4n) is 4.12. The molecule has 3 aromatic carbocycles. The lowest BCUT2D eigenvalue weighted by Crippen LogP contribution is -2.52. The molecule has 0 heterocycles. The zero-order valence-electron chi connectivity index (χ0n) is 22.0. The van der Waals surface area contributed by atoms with Crippen molar-refractivity contribution in [1.29, 1.82) is 0 Å². The Morgan fingerprint density at radius 3 is 2.15 bits per heavy atom.